The molecule has 0 fully saturated rings. The van der Waals surface area contributed by atoms with Gasteiger partial charge in [0.05, 0.1) is 5.56 Å². The number of carbonyl (C=O) groups is 2. The Morgan fingerprint density at radius 3 is 2.17 bits per heavy atom. The number of rotatable bonds is 4. The molecular formula is C19H20N2O2. The Balaban J connectivity index is 2.01. The number of ketones is 2. The van der Waals surface area contributed by atoms with Gasteiger partial charge >= 0.3 is 0 Å². The number of nitrogens with zero attached hydrogens (tertiary/aromatic N) is 1. The molecular weight excluding hydrogens is 288 g/mol. The predicted molar refractivity (Wildman–Crippen MR) is 91.4 cm³/mol. The number of fused-ring (bicyclic) bond motifs is 2. The number of hydrogen-bond acceptors (Lipinski definition) is 4. The fourth-order valence-electron chi connectivity index (χ4n) is 2.73. The zero-order valence-corrected chi connectivity index (χ0v) is 13.6. The van der Waals surface area contributed by atoms with Crippen LogP contribution in [0.5, 0.6) is 0 Å². The van der Waals surface area contributed by atoms with Gasteiger partial charge in [-0.1, -0.05) is 36.4 Å². The largest absolute Gasteiger partial charge is 0.383 e. The fraction of sp³-hybridized carbons (Fsp3) is 0.263. The monoisotopic (exact) mass is 308 g/mol. The number of carbonyl (C=O) groups excluding carboxylic acids is 2. The molecule has 1 aliphatic carbocycles. The third kappa shape index (κ3) is 2.66. The average molecular weight is 308 g/mol. The van der Waals surface area contributed by atoms with Gasteiger partial charge in [0.15, 0.2) is 11.6 Å². The summed E-state index contributed by atoms with van der Waals surface area (Å²) in [6.07, 6.45) is 0. The van der Waals surface area contributed by atoms with E-state index >= 15 is 0 Å². The molecule has 0 heterocycles. The highest BCUT2D eigenvalue weighted by molar-refractivity contribution is 6.30. The average Bonchev–Trinajstić information content (AvgIpc) is 2.57. The van der Waals surface area contributed by atoms with Crippen molar-refractivity contribution in [3.63, 3.8) is 0 Å². The van der Waals surface area contributed by atoms with Crippen LogP contribution in [0.25, 0.3) is 0 Å². The Morgan fingerprint density at radius 2 is 1.52 bits per heavy atom. The van der Waals surface area contributed by atoms with Gasteiger partial charge in [-0.15, -0.1) is 0 Å². The zero-order valence-electron chi connectivity index (χ0n) is 13.6. The van der Waals surface area contributed by atoms with Gasteiger partial charge in [-0.05, 0) is 27.1 Å². The standard InChI is InChI=1S/C19H20N2O2/c1-12(21(2)3)11-20-16-10-6-9-15-17(16)19(23)14-8-5-4-7-13(14)18(15)22/h4-10,12,20H,11H2,1-3H3. The molecule has 0 aromatic heterocycles. The van der Waals surface area contributed by atoms with Crippen LogP contribution in [0.4, 0.5) is 5.69 Å². The van der Waals surface area contributed by atoms with Crippen molar-refractivity contribution in [1.29, 1.82) is 0 Å². The summed E-state index contributed by atoms with van der Waals surface area (Å²) in [5, 5.41) is 3.32. The van der Waals surface area contributed by atoms with Gasteiger partial charge in [0.1, 0.15) is 0 Å². The minimum Gasteiger partial charge on any atom is -0.383 e. The molecule has 3 rings (SSSR count). The number of benzene rings is 2. The topological polar surface area (TPSA) is 49.4 Å². The highest BCUT2D eigenvalue weighted by atomic mass is 16.1. The SMILES string of the molecule is CC(CNc1cccc2c1C(=O)c1ccccc1C2=O)N(C)C. The van der Waals surface area contributed by atoms with Crippen LogP contribution in [0.15, 0.2) is 42.5 Å². The van der Waals surface area contributed by atoms with Crippen LogP contribution in [0.2, 0.25) is 0 Å². The lowest BCUT2D eigenvalue weighted by molar-refractivity contribution is 0.0979. The quantitative estimate of drug-likeness (QED) is 0.805. The van der Waals surface area contributed by atoms with Crippen LogP contribution >= 0.6 is 0 Å². The second-order valence-corrected chi connectivity index (χ2v) is 6.13. The Bertz CT molecular complexity index is 781. The van der Waals surface area contributed by atoms with Gasteiger partial charge in [0, 0.05) is 35.0 Å². The van der Waals surface area contributed by atoms with Crippen molar-refractivity contribution in [2.75, 3.05) is 26.0 Å². The van der Waals surface area contributed by atoms with Crippen molar-refractivity contribution in [3.8, 4) is 0 Å². The molecule has 2 aromatic carbocycles. The molecule has 4 nitrogen and oxygen atoms in total. The first-order chi connectivity index (χ1) is 11.0. The molecule has 1 aliphatic rings. The summed E-state index contributed by atoms with van der Waals surface area (Å²) in [5.41, 5.74) is 2.67. The molecule has 0 saturated carbocycles. The minimum atomic E-state index is -0.0872. The lowest BCUT2D eigenvalue weighted by Crippen LogP contribution is -2.32. The maximum atomic E-state index is 12.9. The van der Waals surface area contributed by atoms with Gasteiger partial charge in [-0.25, -0.2) is 0 Å². The molecule has 0 radical (unpaired) electrons. The van der Waals surface area contributed by atoms with Crippen LogP contribution in [-0.4, -0.2) is 43.1 Å². The van der Waals surface area contributed by atoms with Gasteiger partial charge in [-0.3, -0.25) is 9.59 Å². The number of anilines is 1. The van der Waals surface area contributed by atoms with Gasteiger partial charge in [0.2, 0.25) is 0 Å². The van der Waals surface area contributed by atoms with E-state index in [1.165, 1.54) is 0 Å². The highest BCUT2D eigenvalue weighted by Crippen LogP contribution is 2.31. The van der Waals surface area contributed by atoms with Crippen molar-refractivity contribution in [2.45, 2.75) is 13.0 Å². The van der Waals surface area contributed by atoms with Gasteiger partial charge in [0.25, 0.3) is 0 Å². The summed E-state index contributed by atoms with van der Waals surface area (Å²) in [6.45, 7) is 2.80. The fourth-order valence-corrected chi connectivity index (χ4v) is 2.73. The van der Waals surface area contributed by atoms with E-state index in [1.807, 2.05) is 26.2 Å². The Hall–Kier alpha value is -2.46. The zero-order chi connectivity index (χ0) is 16.6. The highest BCUT2D eigenvalue weighted by Gasteiger charge is 2.31. The van der Waals surface area contributed by atoms with E-state index in [4.69, 9.17) is 0 Å². The minimum absolute atomic E-state index is 0.0838. The summed E-state index contributed by atoms with van der Waals surface area (Å²) < 4.78 is 0. The van der Waals surface area contributed by atoms with E-state index in [0.717, 1.165) is 5.69 Å². The summed E-state index contributed by atoms with van der Waals surface area (Å²) in [4.78, 5) is 27.6. The van der Waals surface area contributed by atoms with Crippen LogP contribution in [0, 0.1) is 0 Å². The number of nitrogens with one attached hydrogen (secondary N) is 1. The molecule has 23 heavy (non-hydrogen) atoms. The second-order valence-electron chi connectivity index (χ2n) is 6.13. The Labute approximate surface area is 136 Å². The lowest BCUT2D eigenvalue weighted by Gasteiger charge is -2.24. The normalized spacial score (nSPS) is 14.4. The summed E-state index contributed by atoms with van der Waals surface area (Å²) in [5.74, 6) is -0.171. The van der Waals surface area contributed by atoms with Crippen LogP contribution in [-0.2, 0) is 0 Å². The van der Waals surface area contributed by atoms with E-state index in [-0.39, 0.29) is 11.6 Å². The van der Waals surface area contributed by atoms with Crippen LogP contribution in [0.1, 0.15) is 38.8 Å². The Kier molecular flexibility index (Phi) is 4.01. The summed E-state index contributed by atoms with van der Waals surface area (Å²) >= 11 is 0. The number of hydrogen-bond donors (Lipinski definition) is 1. The molecule has 0 spiro atoms. The van der Waals surface area contributed by atoms with Gasteiger partial charge in [-0.2, -0.15) is 0 Å². The summed E-state index contributed by atoms with van der Waals surface area (Å²) in [7, 11) is 4.02. The molecule has 1 N–H and O–H groups in total. The van der Waals surface area contributed by atoms with Gasteiger partial charge < -0.3 is 10.2 Å². The van der Waals surface area contributed by atoms with Crippen molar-refractivity contribution in [3.05, 3.63) is 64.7 Å². The molecule has 118 valence electrons. The first-order valence-corrected chi connectivity index (χ1v) is 7.72. The molecule has 4 heteroatoms. The van der Waals surface area contributed by atoms with Crippen molar-refractivity contribution in [2.24, 2.45) is 0 Å². The molecule has 1 atom stereocenters. The first-order valence-electron chi connectivity index (χ1n) is 7.72. The lowest BCUT2D eigenvalue weighted by atomic mass is 9.83. The maximum Gasteiger partial charge on any atom is 0.196 e. The molecule has 0 aliphatic heterocycles. The molecule has 0 amide bonds. The summed E-state index contributed by atoms with van der Waals surface area (Å²) in [6, 6.07) is 12.7. The Morgan fingerprint density at radius 1 is 0.913 bits per heavy atom. The van der Waals surface area contributed by atoms with E-state index in [0.29, 0.717) is 34.8 Å². The van der Waals surface area contributed by atoms with Crippen LogP contribution in [0.3, 0.4) is 0 Å². The van der Waals surface area contributed by atoms with E-state index < -0.39 is 0 Å². The van der Waals surface area contributed by atoms with Crippen LogP contribution < -0.4 is 5.32 Å². The van der Waals surface area contributed by atoms with E-state index in [1.54, 1.807) is 30.3 Å². The van der Waals surface area contributed by atoms with Crippen molar-refractivity contribution < 1.29 is 9.59 Å². The van der Waals surface area contributed by atoms with E-state index in [2.05, 4.69) is 17.1 Å². The third-order valence-electron chi connectivity index (χ3n) is 4.42. The molecule has 0 bridgehead atoms. The van der Waals surface area contributed by atoms with Crippen molar-refractivity contribution in [1.82, 2.24) is 4.90 Å². The van der Waals surface area contributed by atoms with Crippen molar-refractivity contribution >= 4 is 17.3 Å². The molecule has 2 aromatic rings. The number of likely N-dealkylation sites (N-methyl/N-ethyl adjacent to an activating group) is 1. The smallest absolute Gasteiger partial charge is 0.196 e. The first kappa shape index (κ1) is 15.4. The van der Waals surface area contributed by atoms with E-state index in [9.17, 15) is 9.59 Å². The molecule has 1 unspecified atom stereocenters. The third-order valence-corrected chi connectivity index (χ3v) is 4.42. The second kappa shape index (κ2) is 5.97. The maximum absolute atomic E-state index is 12.9. The predicted octanol–water partition coefficient (Wildman–Crippen LogP) is 2.82. The molecule has 0 saturated heterocycles.